The monoisotopic (exact) mass is 302 g/mol. The molecule has 0 radical (unpaired) electrons. The molecule has 21 heavy (non-hydrogen) atoms. The number of amides is 1. The van der Waals surface area contributed by atoms with Crippen molar-refractivity contribution in [1.29, 1.82) is 0 Å². The van der Waals surface area contributed by atoms with Crippen LogP contribution < -0.4 is 15.2 Å². The molecule has 5 nitrogen and oxygen atoms in total. The third-order valence-corrected chi connectivity index (χ3v) is 2.79. The summed E-state index contributed by atoms with van der Waals surface area (Å²) in [7, 11) is 2.99. The van der Waals surface area contributed by atoms with E-state index in [1.54, 1.807) is 20.0 Å². The van der Waals surface area contributed by atoms with E-state index in [-0.39, 0.29) is 36.4 Å². The first kappa shape index (κ1) is 17.2. The van der Waals surface area contributed by atoms with Crippen molar-refractivity contribution in [2.45, 2.75) is 32.5 Å². The molecule has 0 fully saturated rings. The predicted molar refractivity (Wildman–Crippen MR) is 74.4 cm³/mol. The molecule has 1 amide bonds. The number of methoxy groups -OCH3 is 1. The third kappa shape index (κ3) is 5.55. The Kier molecular flexibility index (Phi) is 6.36. The molecule has 2 N–H and O–H groups in total. The largest absolute Gasteiger partial charge is 0.493 e. The van der Waals surface area contributed by atoms with Crippen molar-refractivity contribution in [2.75, 3.05) is 14.2 Å². The average Bonchev–Trinajstić information content (AvgIpc) is 2.37. The van der Waals surface area contributed by atoms with Crippen LogP contribution in [0.25, 0.3) is 0 Å². The number of carbonyl (C=O) groups excluding carboxylic acids is 1. The summed E-state index contributed by atoms with van der Waals surface area (Å²) in [4.78, 5) is 13.3. The maximum atomic E-state index is 12.3. The first-order chi connectivity index (χ1) is 9.83. The number of alkyl halides is 2. The van der Waals surface area contributed by atoms with Gasteiger partial charge in [-0.3, -0.25) is 4.79 Å². The van der Waals surface area contributed by atoms with E-state index in [9.17, 15) is 13.6 Å². The molecule has 0 bridgehead atoms. The quantitative estimate of drug-likeness (QED) is 0.836. The second kappa shape index (κ2) is 7.78. The van der Waals surface area contributed by atoms with E-state index in [0.717, 1.165) is 0 Å². The first-order valence-corrected chi connectivity index (χ1v) is 6.44. The molecule has 1 unspecified atom stereocenters. The molecule has 0 saturated heterocycles. The minimum absolute atomic E-state index is 0.0574. The van der Waals surface area contributed by atoms with Crippen molar-refractivity contribution in [3.05, 3.63) is 23.8 Å². The van der Waals surface area contributed by atoms with Gasteiger partial charge in [-0.1, -0.05) is 6.07 Å². The molecule has 1 aromatic rings. The zero-order valence-corrected chi connectivity index (χ0v) is 12.3. The van der Waals surface area contributed by atoms with Gasteiger partial charge in [-0.2, -0.15) is 8.78 Å². The number of nitrogens with zero attached hydrogens (tertiary/aromatic N) is 1. The van der Waals surface area contributed by atoms with Crippen LogP contribution in [0, 0.1) is 0 Å². The number of nitrogens with two attached hydrogens (primary N) is 1. The van der Waals surface area contributed by atoms with Gasteiger partial charge in [-0.05, 0) is 24.6 Å². The normalized spacial score (nSPS) is 12.1. The Hall–Kier alpha value is -1.89. The summed E-state index contributed by atoms with van der Waals surface area (Å²) in [6.07, 6.45) is 0.229. The Labute approximate surface area is 122 Å². The average molecular weight is 302 g/mol. The highest BCUT2D eigenvalue weighted by Gasteiger charge is 2.14. The number of halogens is 2. The smallest absolute Gasteiger partial charge is 0.387 e. The molecular formula is C14H20F2N2O3. The second-order valence-corrected chi connectivity index (χ2v) is 4.79. The minimum Gasteiger partial charge on any atom is -0.493 e. The molecule has 0 aliphatic heterocycles. The maximum absolute atomic E-state index is 12.3. The SMILES string of the molecule is COc1ccc(CN(C)C(=O)CC(C)N)cc1OC(F)F. The summed E-state index contributed by atoms with van der Waals surface area (Å²) in [6.45, 7) is -0.922. The van der Waals surface area contributed by atoms with E-state index < -0.39 is 6.61 Å². The molecule has 0 spiro atoms. The zero-order chi connectivity index (χ0) is 16.0. The molecular weight excluding hydrogens is 282 g/mol. The van der Waals surface area contributed by atoms with Crippen molar-refractivity contribution < 1.29 is 23.0 Å². The topological polar surface area (TPSA) is 64.8 Å². The molecule has 118 valence electrons. The van der Waals surface area contributed by atoms with Crippen LogP contribution in [0.3, 0.4) is 0 Å². The van der Waals surface area contributed by atoms with Crippen molar-refractivity contribution >= 4 is 5.91 Å². The summed E-state index contributed by atoms with van der Waals surface area (Å²) in [5, 5.41) is 0. The molecule has 7 heteroatoms. The van der Waals surface area contributed by atoms with Crippen LogP contribution in [-0.4, -0.2) is 37.6 Å². The lowest BCUT2D eigenvalue weighted by atomic mass is 10.1. The summed E-state index contributed by atoms with van der Waals surface area (Å²) in [6, 6.07) is 4.42. The van der Waals surface area contributed by atoms with E-state index in [4.69, 9.17) is 10.5 Å². The number of hydrogen-bond donors (Lipinski definition) is 1. The van der Waals surface area contributed by atoms with Gasteiger partial charge in [0.25, 0.3) is 0 Å². The fourth-order valence-corrected chi connectivity index (χ4v) is 1.80. The number of carbonyl (C=O) groups is 1. The van der Waals surface area contributed by atoms with Crippen molar-refractivity contribution in [1.82, 2.24) is 4.90 Å². The Morgan fingerprint density at radius 3 is 2.57 bits per heavy atom. The van der Waals surface area contributed by atoms with Crippen molar-refractivity contribution in [3.63, 3.8) is 0 Å². The molecule has 1 rings (SSSR count). The summed E-state index contributed by atoms with van der Waals surface area (Å²) in [5.74, 6) is 0.0406. The number of benzene rings is 1. The van der Waals surface area contributed by atoms with Crippen LogP contribution in [0.4, 0.5) is 8.78 Å². The van der Waals surface area contributed by atoms with Crippen LogP contribution in [0.15, 0.2) is 18.2 Å². The molecule has 0 heterocycles. The van der Waals surface area contributed by atoms with Crippen molar-refractivity contribution in [3.8, 4) is 11.5 Å². The molecule has 0 aromatic heterocycles. The fourth-order valence-electron chi connectivity index (χ4n) is 1.80. The molecule has 0 aliphatic rings. The maximum Gasteiger partial charge on any atom is 0.387 e. The standard InChI is InChI=1S/C14H20F2N2O3/c1-9(17)6-13(19)18(2)8-10-4-5-11(20-3)12(7-10)21-14(15)16/h4-5,7,9,14H,6,8,17H2,1-3H3. The highest BCUT2D eigenvalue weighted by molar-refractivity contribution is 5.76. The van der Waals surface area contributed by atoms with Crippen molar-refractivity contribution in [2.24, 2.45) is 5.73 Å². The van der Waals surface area contributed by atoms with Crippen LogP contribution in [0.2, 0.25) is 0 Å². The van der Waals surface area contributed by atoms with Gasteiger partial charge in [-0.15, -0.1) is 0 Å². The van der Waals surface area contributed by atoms with Gasteiger partial charge in [0.15, 0.2) is 11.5 Å². The van der Waals surface area contributed by atoms with Crippen LogP contribution in [0.1, 0.15) is 18.9 Å². The zero-order valence-electron chi connectivity index (χ0n) is 12.3. The minimum atomic E-state index is -2.94. The predicted octanol–water partition coefficient (Wildman–Crippen LogP) is 1.99. The summed E-state index contributed by atoms with van der Waals surface area (Å²) < 4.78 is 34.0. The van der Waals surface area contributed by atoms with Gasteiger partial charge < -0.3 is 20.1 Å². The van der Waals surface area contributed by atoms with E-state index in [1.165, 1.54) is 24.1 Å². The van der Waals surface area contributed by atoms with Gasteiger partial charge in [0.2, 0.25) is 5.91 Å². The molecule has 0 saturated carbocycles. The summed E-state index contributed by atoms with van der Waals surface area (Å²) >= 11 is 0. The van der Waals surface area contributed by atoms with Gasteiger partial charge in [0.1, 0.15) is 0 Å². The number of rotatable bonds is 7. The van der Waals surface area contributed by atoms with E-state index in [2.05, 4.69) is 4.74 Å². The lowest BCUT2D eigenvalue weighted by Crippen LogP contribution is -2.31. The van der Waals surface area contributed by atoms with Gasteiger partial charge in [-0.25, -0.2) is 0 Å². The Morgan fingerprint density at radius 2 is 2.05 bits per heavy atom. The van der Waals surface area contributed by atoms with Crippen LogP contribution >= 0.6 is 0 Å². The molecule has 0 aliphatic carbocycles. The number of hydrogen-bond acceptors (Lipinski definition) is 4. The van der Waals surface area contributed by atoms with Crippen LogP contribution in [-0.2, 0) is 11.3 Å². The first-order valence-electron chi connectivity index (χ1n) is 6.44. The van der Waals surface area contributed by atoms with E-state index in [1.807, 2.05) is 0 Å². The lowest BCUT2D eigenvalue weighted by Gasteiger charge is -2.19. The van der Waals surface area contributed by atoms with E-state index in [0.29, 0.717) is 5.56 Å². The Bertz CT molecular complexity index is 481. The van der Waals surface area contributed by atoms with Crippen LogP contribution in [0.5, 0.6) is 11.5 Å². The van der Waals surface area contributed by atoms with Gasteiger partial charge >= 0.3 is 6.61 Å². The Morgan fingerprint density at radius 1 is 1.38 bits per heavy atom. The summed E-state index contributed by atoms with van der Waals surface area (Å²) in [5.41, 5.74) is 6.23. The number of ether oxygens (including phenoxy) is 2. The van der Waals surface area contributed by atoms with Gasteiger partial charge in [0.05, 0.1) is 7.11 Å². The molecule has 1 aromatic carbocycles. The fraction of sp³-hybridized carbons (Fsp3) is 0.500. The third-order valence-electron chi connectivity index (χ3n) is 2.79. The lowest BCUT2D eigenvalue weighted by molar-refractivity contribution is -0.130. The van der Waals surface area contributed by atoms with E-state index >= 15 is 0 Å². The highest BCUT2D eigenvalue weighted by atomic mass is 19.3. The highest BCUT2D eigenvalue weighted by Crippen LogP contribution is 2.29. The Balaban J connectivity index is 2.81. The molecule has 1 atom stereocenters. The second-order valence-electron chi connectivity index (χ2n) is 4.79. The van der Waals surface area contributed by atoms with Gasteiger partial charge in [0, 0.05) is 26.1 Å².